The summed E-state index contributed by atoms with van der Waals surface area (Å²) in [5, 5.41) is 14.9. The van der Waals surface area contributed by atoms with Gasteiger partial charge in [0.05, 0.1) is 6.04 Å². The average Bonchev–Trinajstić information content (AvgIpc) is 2.69. The summed E-state index contributed by atoms with van der Waals surface area (Å²) in [6, 6.07) is 14.1. The summed E-state index contributed by atoms with van der Waals surface area (Å²) < 4.78 is 0. The van der Waals surface area contributed by atoms with Gasteiger partial charge in [-0.3, -0.25) is 9.59 Å². The normalized spacial score (nSPS) is 12.7. The average molecular weight is 396 g/mol. The number of carbonyl (C=O) groups excluding carboxylic acids is 2. The minimum absolute atomic E-state index is 0.00125. The molecule has 0 heterocycles. The fourth-order valence-electron chi connectivity index (χ4n) is 3.21. The van der Waals surface area contributed by atoms with Crippen LogP contribution in [0.4, 0.5) is 0 Å². The number of carboxylic acids is 1. The van der Waals surface area contributed by atoms with Gasteiger partial charge in [-0.1, -0.05) is 48.5 Å². The summed E-state index contributed by atoms with van der Waals surface area (Å²) in [6.45, 7) is 5.71. The molecule has 0 bridgehead atoms. The summed E-state index contributed by atoms with van der Waals surface area (Å²) in [5.74, 6) is -1.80. The van der Waals surface area contributed by atoms with Gasteiger partial charge in [-0.05, 0) is 43.0 Å². The van der Waals surface area contributed by atoms with E-state index in [1.807, 2.05) is 69.3 Å². The zero-order valence-corrected chi connectivity index (χ0v) is 17.1. The molecule has 0 fully saturated rings. The second-order valence-corrected chi connectivity index (χ2v) is 7.23. The Morgan fingerprint density at radius 3 is 1.97 bits per heavy atom. The minimum atomic E-state index is -1.09. The van der Waals surface area contributed by atoms with Crippen molar-refractivity contribution in [3.8, 4) is 0 Å². The molecule has 0 unspecified atom stereocenters. The van der Waals surface area contributed by atoms with Crippen LogP contribution in [0, 0.1) is 13.8 Å². The zero-order valence-electron chi connectivity index (χ0n) is 17.1. The van der Waals surface area contributed by atoms with Crippen LogP contribution in [0.3, 0.4) is 0 Å². The Labute approximate surface area is 171 Å². The maximum Gasteiger partial charge on any atom is 0.326 e. The van der Waals surface area contributed by atoms with Gasteiger partial charge >= 0.3 is 5.97 Å². The lowest BCUT2D eigenvalue weighted by Gasteiger charge is -2.18. The lowest BCUT2D eigenvalue weighted by molar-refractivity contribution is -0.141. The molecular formula is C23H28N2O4. The van der Waals surface area contributed by atoms with Crippen LogP contribution in [0.15, 0.2) is 48.5 Å². The lowest BCUT2D eigenvalue weighted by Crippen LogP contribution is -2.43. The molecule has 6 nitrogen and oxygen atoms in total. The number of aryl methyl sites for hydroxylation is 2. The van der Waals surface area contributed by atoms with E-state index in [2.05, 4.69) is 10.6 Å². The predicted molar refractivity (Wildman–Crippen MR) is 111 cm³/mol. The van der Waals surface area contributed by atoms with Crippen molar-refractivity contribution >= 4 is 17.8 Å². The highest BCUT2D eigenvalue weighted by molar-refractivity contribution is 5.87. The molecule has 0 saturated carbocycles. The molecular weight excluding hydrogens is 368 g/mol. The molecule has 0 aliphatic heterocycles. The van der Waals surface area contributed by atoms with Gasteiger partial charge in [-0.2, -0.15) is 0 Å². The third kappa shape index (κ3) is 6.75. The molecule has 0 radical (unpaired) electrons. The molecule has 0 saturated heterocycles. The smallest absolute Gasteiger partial charge is 0.326 e. The molecule has 29 heavy (non-hydrogen) atoms. The van der Waals surface area contributed by atoms with Crippen molar-refractivity contribution in [2.75, 3.05) is 0 Å². The van der Waals surface area contributed by atoms with Gasteiger partial charge in [0, 0.05) is 19.3 Å². The van der Waals surface area contributed by atoms with Crippen LogP contribution in [0.5, 0.6) is 0 Å². The van der Waals surface area contributed by atoms with Crippen LogP contribution in [0.25, 0.3) is 0 Å². The zero-order chi connectivity index (χ0) is 21.4. The Kier molecular flexibility index (Phi) is 7.95. The van der Waals surface area contributed by atoms with E-state index >= 15 is 0 Å². The van der Waals surface area contributed by atoms with Gasteiger partial charge in [-0.15, -0.1) is 0 Å². The molecule has 2 amide bonds. The Balaban J connectivity index is 1.87. The highest BCUT2D eigenvalue weighted by Crippen LogP contribution is 2.16. The molecule has 6 heteroatoms. The van der Waals surface area contributed by atoms with Gasteiger partial charge in [-0.25, -0.2) is 4.79 Å². The first kappa shape index (κ1) is 22.1. The molecule has 0 aromatic heterocycles. The van der Waals surface area contributed by atoms with E-state index in [0.29, 0.717) is 0 Å². The first-order chi connectivity index (χ1) is 13.8. The fraction of sp³-hybridized carbons (Fsp3) is 0.348. The molecule has 3 N–H and O–H groups in total. The maximum atomic E-state index is 12.2. The quantitative estimate of drug-likeness (QED) is 0.607. The van der Waals surface area contributed by atoms with E-state index in [9.17, 15) is 19.5 Å². The van der Waals surface area contributed by atoms with Crippen LogP contribution in [0.2, 0.25) is 0 Å². The SMILES string of the molecule is Cc1cccc(C)c1C[C@H](NC(=O)CCC(=O)N[C@H](C)c1ccccc1)C(=O)O. The van der Waals surface area contributed by atoms with E-state index in [-0.39, 0.29) is 31.2 Å². The van der Waals surface area contributed by atoms with Gasteiger partial charge in [0.25, 0.3) is 0 Å². The summed E-state index contributed by atoms with van der Waals surface area (Å²) in [4.78, 5) is 36.0. The van der Waals surface area contributed by atoms with Crippen molar-refractivity contribution in [2.24, 2.45) is 0 Å². The van der Waals surface area contributed by atoms with Crippen molar-refractivity contribution < 1.29 is 19.5 Å². The number of hydrogen-bond donors (Lipinski definition) is 3. The highest BCUT2D eigenvalue weighted by atomic mass is 16.4. The number of amides is 2. The highest BCUT2D eigenvalue weighted by Gasteiger charge is 2.22. The van der Waals surface area contributed by atoms with E-state index in [1.54, 1.807) is 0 Å². The summed E-state index contributed by atoms with van der Waals surface area (Å²) in [6.07, 6.45) is 0.138. The largest absolute Gasteiger partial charge is 0.480 e. The first-order valence-electron chi connectivity index (χ1n) is 9.69. The number of carbonyl (C=O) groups is 3. The third-order valence-corrected chi connectivity index (χ3v) is 4.94. The van der Waals surface area contributed by atoms with Gasteiger partial charge in [0.15, 0.2) is 0 Å². The molecule has 0 aliphatic carbocycles. The Hall–Kier alpha value is -3.15. The van der Waals surface area contributed by atoms with E-state index in [1.165, 1.54) is 0 Å². The Bertz CT molecular complexity index is 844. The molecule has 2 atom stereocenters. The van der Waals surface area contributed by atoms with Crippen LogP contribution < -0.4 is 10.6 Å². The van der Waals surface area contributed by atoms with Gasteiger partial charge in [0.1, 0.15) is 6.04 Å². The van der Waals surface area contributed by atoms with Crippen molar-refractivity contribution in [2.45, 2.75) is 52.1 Å². The monoisotopic (exact) mass is 396 g/mol. The van der Waals surface area contributed by atoms with Gasteiger partial charge < -0.3 is 15.7 Å². The molecule has 2 aromatic carbocycles. The molecule has 2 rings (SSSR count). The fourth-order valence-corrected chi connectivity index (χ4v) is 3.21. The van der Waals surface area contributed by atoms with Crippen LogP contribution in [-0.2, 0) is 20.8 Å². The van der Waals surface area contributed by atoms with Crippen LogP contribution in [-0.4, -0.2) is 28.9 Å². The second-order valence-electron chi connectivity index (χ2n) is 7.23. The predicted octanol–water partition coefficient (Wildman–Crippen LogP) is 3.07. The third-order valence-electron chi connectivity index (χ3n) is 4.94. The second kappa shape index (κ2) is 10.4. The minimum Gasteiger partial charge on any atom is -0.480 e. The standard InChI is InChI=1S/C23H28N2O4/c1-15-8-7-9-16(2)19(15)14-20(23(28)29)25-22(27)13-12-21(26)24-17(3)18-10-5-4-6-11-18/h4-11,17,20H,12-14H2,1-3H3,(H,24,26)(H,25,27)(H,28,29)/t17-,20+/m1/s1. The maximum absolute atomic E-state index is 12.2. The van der Waals surface area contributed by atoms with Crippen LogP contribution >= 0.6 is 0 Å². The topological polar surface area (TPSA) is 95.5 Å². The van der Waals surface area contributed by atoms with Crippen molar-refractivity contribution in [1.82, 2.24) is 10.6 Å². The van der Waals surface area contributed by atoms with E-state index in [0.717, 1.165) is 22.3 Å². The molecule has 0 spiro atoms. The number of carboxylic acid groups (broad SMARTS) is 1. The first-order valence-corrected chi connectivity index (χ1v) is 9.69. The number of aliphatic carboxylic acids is 1. The van der Waals surface area contributed by atoms with Gasteiger partial charge in [0.2, 0.25) is 11.8 Å². The summed E-state index contributed by atoms with van der Waals surface area (Å²) in [5.41, 5.74) is 3.86. The molecule has 154 valence electrons. The number of hydrogen-bond acceptors (Lipinski definition) is 3. The van der Waals surface area contributed by atoms with E-state index < -0.39 is 17.9 Å². The lowest BCUT2D eigenvalue weighted by atomic mass is 9.96. The molecule has 0 aliphatic rings. The number of rotatable bonds is 9. The summed E-state index contributed by atoms with van der Waals surface area (Å²) >= 11 is 0. The Morgan fingerprint density at radius 2 is 1.41 bits per heavy atom. The van der Waals surface area contributed by atoms with Crippen LogP contribution in [0.1, 0.15) is 48.1 Å². The van der Waals surface area contributed by atoms with Crippen molar-refractivity contribution in [3.63, 3.8) is 0 Å². The number of nitrogens with one attached hydrogen (secondary N) is 2. The van der Waals surface area contributed by atoms with E-state index in [4.69, 9.17) is 0 Å². The van der Waals surface area contributed by atoms with Crippen molar-refractivity contribution in [3.05, 3.63) is 70.8 Å². The summed E-state index contributed by atoms with van der Waals surface area (Å²) in [7, 11) is 0. The molecule has 2 aromatic rings. The number of benzene rings is 2. The van der Waals surface area contributed by atoms with Crippen molar-refractivity contribution in [1.29, 1.82) is 0 Å². The Morgan fingerprint density at radius 1 is 0.862 bits per heavy atom.